The zero-order valence-corrected chi connectivity index (χ0v) is 16.6. The van der Waals surface area contributed by atoms with E-state index in [2.05, 4.69) is 4.98 Å². The van der Waals surface area contributed by atoms with Gasteiger partial charge in [0.05, 0.1) is 11.4 Å². The number of carbonyl (C=O) groups excluding carboxylic acids is 1. The predicted octanol–water partition coefficient (Wildman–Crippen LogP) is 4.86. The van der Waals surface area contributed by atoms with Gasteiger partial charge in [-0.15, -0.1) is 0 Å². The minimum absolute atomic E-state index is 0.0677. The number of benzene rings is 2. The highest BCUT2D eigenvalue weighted by atomic mass is 35.5. The van der Waals surface area contributed by atoms with Crippen molar-refractivity contribution in [3.63, 3.8) is 0 Å². The third kappa shape index (κ3) is 4.20. The maximum absolute atomic E-state index is 12.8. The van der Waals surface area contributed by atoms with E-state index in [9.17, 15) is 4.79 Å². The Morgan fingerprint density at radius 1 is 1.00 bits per heavy atom. The summed E-state index contributed by atoms with van der Waals surface area (Å²) < 4.78 is 1.84. The number of aromatic nitrogens is 3. The van der Waals surface area contributed by atoms with Gasteiger partial charge >= 0.3 is 0 Å². The maximum Gasteiger partial charge on any atom is 0.254 e. The minimum Gasteiger partial charge on any atom is -0.337 e. The molecule has 2 heterocycles. The highest BCUT2D eigenvalue weighted by molar-refractivity contribution is 6.30. The van der Waals surface area contributed by atoms with Crippen molar-refractivity contribution in [2.24, 2.45) is 0 Å². The molecule has 5 nitrogen and oxygen atoms in total. The van der Waals surface area contributed by atoms with E-state index in [0.29, 0.717) is 17.1 Å². The van der Waals surface area contributed by atoms with Gasteiger partial charge in [-0.2, -0.15) is 5.10 Å². The second-order valence-corrected chi connectivity index (χ2v) is 7.12. The van der Waals surface area contributed by atoms with Gasteiger partial charge in [-0.25, -0.2) is 4.68 Å². The molecular formula is C23H19ClN4O. The molecule has 0 atom stereocenters. The molecule has 0 aliphatic heterocycles. The number of hydrogen-bond acceptors (Lipinski definition) is 3. The number of carbonyl (C=O) groups is 1. The van der Waals surface area contributed by atoms with Crippen LogP contribution in [0.25, 0.3) is 16.9 Å². The molecule has 2 aromatic carbocycles. The van der Waals surface area contributed by atoms with E-state index in [1.165, 1.54) is 0 Å². The van der Waals surface area contributed by atoms with Gasteiger partial charge < -0.3 is 4.90 Å². The first-order valence-electron chi connectivity index (χ1n) is 9.17. The molecule has 0 N–H and O–H groups in total. The molecule has 0 unspecified atom stereocenters. The van der Waals surface area contributed by atoms with Crippen LogP contribution >= 0.6 is 11.6 Å². The molecule has 4 aromatic rings. The molecular weight excluding hydrogens is 384 g/mol. The standard InChI is InChI=1S/C23H19ClN4O/c1-27(23(29)18-11-13-25-14-12-18)15-19-16-28(21-5-3-2-4-6-21)26-22(19)17-7-9-20(24)10-8-17/h2-14,16H,15H2,1H3. The van der Waals surface area contributed by atoms with Crippen molar-refractivity contribution in [1.82, 2.24) is 19.7 Å². The molecule has 0 spiro atoms. The second kappa shape index (κ2) is 8.29. The normalized spacial score (nSPS) is 10.7. The van der Waals surface area contributed by atoms with Gasteiger partial charge in [0.25, 0.3) is 5.91 Å². The molecule has 6 heteroatoms. The van der Waals surface area contributed by atoms with Gasteiger partial charge in [0, 0.05) is 53.9 Å². The predicted molar refractivity (Wildman–Crippen MR) is 114 cm³/mol. The van der Waals surface area contributed by atoms with Crippen LogP contribution in [-0.4, -0.2) is 32.6 Å². The summed E-state index contributed by atoms with van der Waals surface area (Å²) in [5, 5.41) is 5.46. The fourth-order valence-corrected chi connectivity index (χ4v) is 3.26. The maximum atomic E-state index is 12.8. The van der Waals surface area contributed by atoms with Crippen molar-refractivity contribution >= 4 is 17.5 Å². The van der Waals surface area contributed by atoms with E-state index < -0.39 is 0 Å². The lowest BCUT2D eigenvalue weighted by Crippen LogP contribution is -2.26. The Morgan fingerprint density at radius 3 is 2.38 bits per heavy atom. The molecule has 2 aromatic heterocycles. The SMILES string of the molecule is CN(Cc1cn(-c2ccccc2)nc1-c1ccc(Cl)cc1)C(=O)c1ccncc1. The quantitative estimate of drug-likeness (QED) is 0.479. The third-order valence-corrected chi connectivity index (χ3v) is 4.86. The van der Waals surface area contributed by atoms with Crippen LogP contribution in [0, 0.1) is 0 Å². The van der Waals surface area contributed by atoms with E-state index in [-0.39, 0.29) is 5.91 Å². The minimum atomic E-state index is -0.0677. The lowest BCUT2D eigenvalue weighted by Gasteiger charge is -2.17. The van der Waals surface area contributed by atoms with Crippen LogP contribution in [0.3, 0.4) is 0 Å². The van der Waals surface area contributed by atoms with Crippen LogP contribution in [0.1, 0.15) is 15.9 Å². The summed E-state index contributed by atoms with van der Waals surface area (Å²) in [5.41, 5.74) is 4.27. The summed E-state index contributed by atoms with van der Waals surface area (Å²) in [6.07, 6.45) is 5.21. The Labute approximate surface area is 174 Å². The van der Waals surface area contributed by atoms with E-state index in [0.717, 1.165) is 22.5 Å². The highest BCUT2D eigenvalue weighted by Gasteiger charge is 2.18. The number of nitrogens with zero attached hydrogens (tertiary/aromatic N) is 4. The Morgan fingerprint density at radius 2 is 1.69 bits per heavy atom. The van der Waals surface area contributed by atoms with Gasteiger partial charge in [0.1, 0.15) is 0 Å². The molecule has 144 valence electrons. The summed E-state index contributed by atoms with van der Waals surface area (Å²) in [7, 11) is 1.79. The van der Waals surface area contributed by atoms with Crippen LogP contribution in [-0.2, 0) is 6.54 Å². The van der Waals surface area contributed by atoms with E-state index in [1.807, 2.05) is 65.5 Å². The third-order valence-electron chi connectivity index (χ3n) is 4.61. The molecule has 0 fully saturated rings. The first kappa shape index (κ1) is 18.9. The summed E-state index contributed by atoms with van der Waals surface area (Å²) in [6.45, 7) is 0.423. The highest BCUT2D eigenvalue weighted by Crippen LogP contribution is 2.26. The number of hydrogen-bond donors (Lipinski definition) is 0. The van der Waals surface area contributed by atoms with Gasteiger partial charge in [0.2, 0.25) is 0 Å². The molecule has 0 saturated carbocycles. The van der Waals surface area contributed by atoms with Crippen molar-refractivity contribution in [2.75, 3.05) is 7.05 Å². The average molecular weight is 403 g/mol. The molecule has 0 radical (unpaired) electrons. The smallest absolute Gasteiger partial charge is 0.254 e. The summed E-state index contributed by atoms with van der Waals surface area (Å²) in [6, 6.07) is 20.9. The Kier molecular flexibility index (Phi) is 5.40. The monoisotopic (exact) mass is 402 g/mol. The number of para-hydroxylation sites is 1. The van der Waals surface area contributed by atoms with Crippen molar-refractivity contribution in [2.45, 2.75) is 6.54 Å². The van der Waals surface area contributed by atoms with Crippen molar-refractivity contribution < 1.29 is 4.79 Å². The molecule has 4 rings (SSSR count). The second-order valence-electron chi connectivity index (χ2n) is 6.69. The van der Waals surface area contributed by atoms with Crippen LogP contribution in [0.15, 0.2) is 85.3 Å². The van der Waals surface area contributed by atoms with Gasteiger partial charge in [-0.3, -0.25) is 9.78 Å². The summed E-state index contributed by atoms with van der Waals surface area (Å²) in [4.78, 5) is 18.4. The fraction of sp³-hybridized carbons (Fsp3) is 0.0870. The molecule has 1 amide bonds. The van der Waals surface area contributed by atoms with Crippen molar-refractivity contribution in [1.29, 1.82) is 0 Å². The Hall–Kier alpha value is -3.44. The molecule has 0 bridgehead atoms. The number of halogens is 1. The van der Waals surface area contributed by atoms with Gasteiger partial charge in [-0.1, -0.05) is 41.9 Å². The molecule has 0 saturated heterocycles. The van der Waals surface area contributed by atoms with E-state index >= 15 is 0 Å². The van der Waals surface area contributed by atoms with Crippen LogP contribution in [0.2, 0.25) is 5.02 Å². The van der Waals surface area contributed by atoms with Crippen LogP contribution in [0.5, 0.6) is 0 Å². The molecule has 0 aliphatic carbocycles. The zero-order chi connectivity index (χ0) is 20.2. The lowest BCUT2D eigenvalue weighted by molar-refractivity contribution is 0.0785. The first-order chi connectivity index (χ1) is 14.1. The molecule has 29 heavy (non-hydrogen) atoms. The summed E-state index contributed by atoms with van der Waals surface area (Å²) in [5.74, 6) is -0.0677. The first-order valence-corrected chi connectivity index (χ1v) is 9.55. The topological polar surface area (TPSA) is 51.0 Å². The number of pyridine rings is 1. The Bertz CT molecular complexity index is 1110. The average Bonchev–Trinajstić information content (AvgIpc) is 3.18. The number of rotatable bonds is 5. The summed E-state index contributed by atoms with van der Waals surface area (Å²) >= 11 is 6.05. The van der Waals surface area contributed by atoms with Gasteiger partial charge in [0.15, 0.2) is 0 Å². The van der Waals surface area contributed by atoms with Crippen molar-refractivity contribution in [3.8, 4) is 16.9 Å². The number of amides is 1. The van der Waals surface area contributed by atoms with Gasteiger partial charge in [-0.05, 0) is 36.4 Å². The zero-order valence-electron chi connectivity index (χ0n) is 15.9. The van der Waals surface area contributed by atoms with Crippen LogP contribution < -0.4 is 0 Å². The van der Waals surface area contributed by atoms with Crippen molar-refractivity contribution in [3.05, 3.63) is 101 Å². The lowest BCUT2D eigenvalue weighted by atomic mass is 10.1. The van der Waals surface area contributed by atoms with E-state index in [4.69, 9.17) is 16.7 Å². The van der Waals surface area contributed by atoms with Crippen LogP contribution in [0.4, 0.5) is 0 Å². The Balaban J connectivity index is 1.70. The van der Waals surface area contributed by atoms with E-state index in [1.54, 1.807) is 36.5 Å². The molecule has 0 aliphatic rings. The fourth-order valence-electron chi connectivity index (χ4n) is 3.13. The largest absolute Gasteiger partial charge is 0.337 e.